The van der Waals surface area contributed by atoms with E-state index in [1.807, 2.05) is 21.1 Å². The zero-order chi connectivity index (χ0) is 26.9. The lowest BCUT2D eigenvalue weighted by Crippen LogP contribution is -2.37. The highest BCUT2D eigenvalue weighted by Gasteiger charge is 2.36. The van der Waals surface area contributed by atoms with Crippen molar-refractivity contribution in [2.75, 3.05) is 47.5 Å². The number of likely N-dealkylation sites (N-methyl/N-ethyl adjacent to an activating group) is 1. The summed E-state index contributed by atoms with van der Waals surface area (Å²) in [4.78, 5) is 21.5. The number of phosphoric acid groups is 1. The topological polar surface area (TPSA) is 115 Å². The Balaban J connectivity index is 1.92. The van der Waals surface area contributed by atoms with Crippen molar-refractivity contribution in [3.63, 3.8) is 0 Å². The van der Waals surface area contributed by atoms with Crippen molar-refractivity contribution in [3.8, 4) is 0 Å². The third kappa shape index (κ3) is 19.6. The normalized spacial score (nSPS) is 20.2. The molecule has 36 heavy (non-hydrogen) atoms. The number of aliphatic hydroxyl groups is 1. The van der Waals surface area contributed by atoms with Gasteiger partial charge in [-0.3, -0.25) is 13.8 Å². The number of hydrogen-bond acceptors (Lipinski definition) is 7. The summed E-state index contributed by atoms with van der Waals surface area (Å²) >= 11 is 0. The molecule has 0 aromatic rings. The van der Waals surface area contributed by atoms with Crippen molar-refractivity contribution in [2.45, 2.75) is 115 Å². The van der Waals surface area contributed by atoms with Gasteiger partial charge >= 0.3 is 13.8 Å². The number of esters is 1. The van der Waals surface area contributed by atoms with Crippen LogP contribution in [0.4, 0.5) is 0 Å². The molecule has 0 aromatic heterocycles. The van der Waals surface area contributed by atoms with Crippen LogP contribution in [-0.4, -0.2) is 86.3 Å². The first kappa shape index (κ1) is 33.5. The highest BCUT2D eigenvalue weighted by atomic mass is 31.2. The Morgan fingerprint density at radius 3 is 2.03 bits per heavy atom. The zero-order valence-corrected chi connectivity index (χ0v) is 24.1. The van der Waals surface area contributed by atoms with Crippen molar-refractivity contribution >= 4 is 13.8 Å². The Bertz CT molecular complexity index is 628. The molecule has 0 spiro atoms. The molecule has 0 radical (unpaired) electrons. The molecule has 1 aliphatic heterocycles. The van der Waals surface area contributed by atoms with E-state index in [2.05, 4.69) is 6.92 Å². The van der Waals surface area contributed by atoms with Crippen molar-refractivity contribution in [3.05, 3.63) is 0 Å². The van der Waals surface area contributed by atoms with Crippen LogP contribution in [0.5, 0.6) is 0 Å². The maximum atomic E-state index is 11.8. The SMILES string of the molecule is CCCCCCCC[C@H]1O[C@H]1CCCCCCCC(=O)OC[C@@H](O)COP(=O)(O)OCC[N+](C)(C)C. The summed E-state index contributed by atoms with van der Waals surface area (Å²) in [6.07, 6.45) is 15.5. The van der Waals surface area contributed by atoms with Gasteiger partial charge in [-0.25, -0.2) is 4.57 Å². The van der Waals surface area contributed by atoms with Crippen molar-refractivity contribution in [2.24, 2.45) is 0 Å². The molecule has 0 bridgehead atoms. The van der Waals surface area contributed by atoms with Crippen LogP contribution < -0.4 is 0 Å². The number of quaternary nitrogens is 1. The van der Waals surface area contributed by atoms with E-state index in [0.29, 0.717) is 29.7 Å². The Morgan fingerprint density at radius 2 is 1.44 bits per heavy atom. The Labute approximate surface area is 219 Å². The molecule has 1 unspecified atom stereocenters. The van der Waals surface area contributed by atoms with Gasteiger partial charge in [-0.05, 0) is 19.3 Å². The average Bonchev–Trinajstić information content (AvgIpc) is 3.55. The molecule has 214 valence electrons. The largest absolute Gasteiger partial charge is 0.472 e. The molecule has 9 nitrogen and oxygen atoms in total. The number of epoxide rings is 1. The minimum Gasteiger partial charge on any atom is -0.463 e. The first-order valence-electron chi connectivity index (χ1n) is 13.9. The van der Waals surface area contributed by atoms with E-state index in [4.69, 9.17) is 18.5 Å². The van der Waals surface area contributed by atoms with E-state index in [1.165, 1.54) is 51.4 Å². The van der Waals surface area contributed by atoms with E-state index in [1.54, 1.807) is 0 Å². The summed E-state index contributed by atoms with van der Waals surface area (Å²) < 4.78 is 32.9. The van der Waals surface area contributed by atoms with E-state index in [9.17, 15) is 19.4 Å². The monoisotopic (exact) mass is 538 g/mol. The van der Waals surface area contributed by atoms with Gasteiger partial charge < -0.3 is 24.0 Å². The Hall–Kier alpha value is -0.540. The van der Waals surface area contributed by atoms with Gasteiger partial charge in [0.2, 0.25) is 0 Å². The molecule has 2 N–H and O–H groups in total. The molecule has 0 aromatic carbocycles. The molecule has 1 heterocycles. The van der Waals surface area contributed by atoms with Gasteiger partial charge in [0, 0.05) is 6.42 Å². The van der Waals surface area contributed by atoms with E-state index >= 15 is 0 Å². The number of phosphoric ester groups is 1. The third-order valence-corrected chi connectivity index (χ3v) is 7.27. The van der Waals surface area contributed by atoms with Gasteiger partial charge in [0.1, 0.15) is 25.9 Å². The second-order valence-electron chi connectivity index (χ2n) is 11.0. The smallest absolute Gasteiger partial charge is 0.463 e. The molecule has 1 rings (SSSR count). The lowest BCUT2D eigenvalue weighted by molar-refractivity contribution is -0.870. The van der Waals surface area contributed by atoms with E-state index in [0.717, 1.165) is 32.1 Å². The molecule has 4 atom stereocenters. The van der Waals surface area contributed by atoms with Crippen LogP contribution in [0.25, 0.3) is 0 Å². The Kier molecular flexibility index (Phi) is 17.4. The summed E-state index contributed by atoms with van der Waals surface area (Å²) in [6, 6.07) is 0. The lowest BCUT2D eigenvalue weighted by atomic mass is 10.0. The second kappa shape index (κ2) is 18.7. The number of unbranched alkanes of at least 4 members (excludes halogenated alkanes) is 9. The highest BCUT2D eigenvalue weighted by Crippen LogP contribution is 2.43. The predicted molar refractivity (Wildman–Crippen MR) is 141 cm³/mol. The van der Waals surface area contributed by atoms with Crippen LogP contribution in [0.2, 0.25) is 0 Å². The Morgan fingerprint density at radius 1 is 0.889 bits per heavy atom. The molecule has 1 saturated heterocycles. The van der Waals surface area contributed by atoms with Gasteiger partial charge in [-0.15, -0.1) is 0 Å². The fraction of sp³-hybridized carbons (Fsp3) is 0.962. The predicted octanol–water partition coefficient (Wildman–Crippen LogP) is 4.98. The van der Waals surface area contributed by atoms with Gasteiger partial charge in [0.05, 0.1) is 40.0 Å². The first-order valence-corrected chi connectivity index (χ1v) is 15.4. The number of ether oxygens (including phenoxy) is 2. The second-order valence-corrected chi connectivity index (χ2v) is 12.5. The quantitative estimate of drug-likeness (QED) is 0.0581. The maximum absolute atomic E-state index is 11.8. The summed E-state index contributed by atoms with van der Waals surface area (Å²) in [7, 11) is 1.55. The first-order chi connectivity index (χ1) is 17.0. The van der Waals surface area contributed by atoms with E-state index in [-0.39, 0.29) is 19.2 Å². The molecule has 0 saturated carbocycles. The summed E-state index contributed by atoms with van der Waals surface area (Å²) in [5, 5.41) is 9.84. The lowest BCUT2D eigenvalue weighted by Gasteiger charge is -2.24. The molecular formula is C26H53NO8P+. The maximum Gasteiger partial charge on any atom is 0.472 e. The standard InChI is InChI=1S/C26H52NO8P/c1-5-6-7-8-10-13-16-24-25(35-24)17-14-11-9-12-15-18-26(29)32-21-23(28)22-34-36(30,31)33-20-19-27(2,3)4/h23-25,28H,5-22H2,1-4H3/p+1/t23-,24-,25+/m1/s1. The number of rotatable bonds is 24. The van der Waals surface area contributed by atoms with Crippen LogP contribution in [-0.2, 0) is 27.9 Å². The summed E-state index contributed by atoms with van der Waals surface area (Å²) in [5.41, 5.74) is 0. The van der Waals surface area contributed by atoms with Crippen molar-refractivity contribution in [1.82, 2.24) is 0 Å². The number of aliphatic hydroxyl groups excluding tert-OH is 1. The van der Waals surface area contributed by atoms with Crippen LogP contribution in [0.3, 0.4) is 0 Å². The van der Waals surface area contributed by atoms with Gasteiger partial charge in [-0.1, -0.05) is 71.1 Å². The minimum absolute atomic E-state index is 0.0521. The van der Waals surface area contributed by atoms with Crippen LogP contribution in [0.1, 0.15) is 96.8 Å². The number of carbonyl (C=O) groups is 1. The molecule has 1 aliphatic rings. The molecule has 0 amide bonds. The van der Waals surface area contributed by atoms with Crippen molar-refractivity contribution in [1.29, 1.82) is 0 Å². The fourth-order valence-electron chi connectivity index (χ4n) is 3.92. The van der Waals surface area contributed by atoms with Crippen LogP contribution >= 0.6 is 7.82 Å². The summed E-state index contributed by atoms with van der Waals surface area (Å²) in [6.45, 7) is 2.10. The van der Waals surface area contributed by atoms with E-state index < -0.39 is 20.5 Å². The van der Waals surface area contributed by atoms with Gasteiger partial charge in [0.25, 0.3) is 0 Å². The summed E-state index contributed by atoms with van der Waals surface area (Å²) in [5.74, 6) is -0.385. The molecule has 1 fully saturated rings. The number of nitrogens with zero attached hydrogens (tertiary/aromatic N) is 1. The zero-order valence-electron chi connectivity index (χ0n) is 23.2. The average molecular weight is 539 g/mol. The molecular weight excluding hydrogens is 485 g/mol. The van der Waals surface area contributed by atoms with Gasteiger partial charge in [0.15, 0.2) is 0 Å². The fourth-order valence-corrected chi connectivity index (χ4v) is 4.66. The van der Waals surface area contributed by atoms with Crippen LogP contribution in [0.15, 0.2) is 0 Å². The minimum atomic E-state index is -4.25. The molecule has 0 aliphatic carbocycles. The van der Waals surface area contributed by atoms with Crippen LogP contribution in [0, 0.1) is 0 Å². The van der Waals surface area contributed by atoms with Crippen molar-refractivity contribution < 1.29 is 42.4 Å². The number of hydrogen-bond donors (Lipinski definition) is 2. The van der Waals surface area contributed by atoms with Gasteiger partial charge in [-0.2, -0.15) is 0 Å². The number of carbonyl (C=O) groups excluding carboxylic acids is 1. The third-order valence-electron chi connectivity index (χ3n) is 6.28. The molecule has 10 heteroatoms. The highest BCUT2D eigenvalue weighted by molar-refractivity contribution is 7.47.